The summed E-state index contributed by atoms with van der Waals surface area (Å²) in [5.74, 6) is -2.78. The summed E-state index contributed by atoms with van der Waals surface area (Å²) in [6, 6.07) is 17.5. The van der Waals surface area contributed by atoms with E-state index in [0.717, 1.165) is 0 Å². The van der Waals surface area contributed by atoms with Crippen LogP contribution in [0.25, 0.3) is 0 Å². The summed E-state index contributed by atoms with van der Waals surface area (Å²) >= 11 is 0. The van der Waals surface area contributed by atoms with Crippen LogP contribution in [-0.4, -0.2) is 23.2 Å². The van der Waals surface area contributed by atoms with Crippen LogP contribution < -0.4 is 5.32 Å². The molecule has 2 rings (SSSR count). The standard InChI is InChI=1S/C19H20N2O4/c1-2-16(17(13-21(24)25)14-9-5-3-6-10-14)18(22)19(23)20-15-11-7-4-8-12-15/h3-12,16-17H,2,13H2,1H3,(H,20,23)/t16-,17+/m1/s1. The SMILES string of the molecule is CC[C@@H](C(=O)C(=O)Nc1ccccc1)[C@@H](C[N+](=O)[O-])c1ccccc1. The minimum Gasteiger partial charge on any atom is -0.319 e. The Morgan fingerprint density at radius 2 is 1.60 bits per heavy atom. The van der Waals surface area contributed by atoms with E-state index in [1.807, 2.05) is 0 Å². The normalized spacial score (nSPS) is 12.8. The number of nitro groups is 1. The van der Waals surface area contributed by atoms with E-state index in [4.69, 9.17) is 0 Å². The molecule has 25 heavy (non-hydrogen) atoms. The summed E-state index contributed by atoms with van der Waals surface area (Å²) in [6.45, 7) is 1.36. The Bertz CT molecular complexity index is 732. The molecule has 2 aromatic rings. The summed E-state index contributed by atoms with van der Waals surface area (Å²) in [4.78, 5) is 35.6. The van der Waals surface area contributed by atoms with Gasteiger partial charge in [0.15, 0.2) is 0 Å². The predicted octanol–water partition coefficient (Wildman–Crippen LogP) is 3.28. The van der Waals surface area contributed by atoms with Crippen LogP contribution in [-0.2, 0) is 9.59 Å². The summed E-state index contributed by atoms with van der Waals surface area (Å²) in [5, 5.41) is 13.6. The molecule has 0 aliphatic carbocycles. The summed E-state index contributed by atoms with van der Waals surface area (Å²) in [7, 11) is 0. The Hall–Kier alpha value is -3.02. The number of para-hydroxylation sites is 1. The number of benzene rings is 2. The fourth-order valence-corrected chi connectivity index (χ4v) is 2.86. The Kier molecular flexibility index (Phi) is 6.39. The van der Waals surface area contributed by atoms with Gasteiger partial charge in [-0.3, -0.25) is 19.7 Å². The van der Waals surface area contributed by atoms with Crippen molar-refractivity contribution >= 4 is 17.4 Å². The topological polar surface area (TPSA) is 89.3 Å². The molecular formula is C19H20N2O4. The first-order chi connectivity index (χ1) is 12.0. The lowest BCUT2D eigenvalue weighted by atomic mass is 9.81. The molecule has 0 aliphatic rings. The molecule has 0 saturated heterocycles. The summed E-state index contributed by atoms with van der Waals surface area (Å²) in [6.07, 6.45) is 0.342. The second-order valence-electron chi connectivity index (χ2n) is 5.73. The first-order valence-electron chi connectivity index (χ1n) is 8.10. The van der Waals surface area contributed by atoms with E-state index in [0.29, 0.717) is 17.7 Å². The van der Waals surface area contributed by atoms with Crippen molar-refractivity contribution in [2.24, 2.45) is 5.92 Å². The van der Waals surface area contributed by atoms with Crippen LogP contribution in [0.2, 0.25) is 0 Å². The van der Waals surface area contributed by atoms with Crippen LogP contribution >= 0.6 is 0 Å². The van der Waals surface area contributed by atoms with Crippen LogP contribution in [0, 0.1) is 16.0 Å². The monoisotopic (exact) mass is 340 g/mol. The number of hydrogen-bond acceptors (Lipinski definition) is 4. The molecule has 1 amide bonds. The minimum absolute atomic E-state index is 0.342. The maximum atomic E-state index is 12.6. The third-order valence-electron chi connectivity index (χ3n) is 4.09. The van der Waals surface area contributed by atoms with E-state index in [1.165, 1.54) is 0 Å². The van der Waals surface area contributed by atoms with Crippen molar-refractivity contribution in [3.8, 4) is 0 Å². The van der Waals surface area contributed by atoms with Gasteiger partial charge in [0.1, 0.15) is 0 Å². The van der Waals surface area contributed by atoms with Crippen LogP contribution in [0.1, 0.15) is 24.8 Å². The number of ketones is 1. The molecule has 0 radical (unpaired) electrons. The number of nitrogens with one attached hydrogen (secondary N) is 1. The maximum Gasteiger partial charge on any atom is 0.292 e. The molecule has 0 aromatic heterocycles. The van der Waals surface area contributed by atoms with E-state index in [9.17, 15) is 19.7 Å². The number of nitrogens with zero attached hydrogens (tertiary/aromatic N) is 1. The van der Waals surface area contributed by atoms with Crippen LogP contribution in [0.15, 0.2) is 60.7 Å². The van der Waals surface area contributed by atoms with Crippen molar-refractivity contribution in [2.75, 3.05) is 11.9 Å². The number of carbonyl (C=O) groups is 2. The molecular weight excluding hydrogens is 320 g/mol. The lowest BCUT2D eigenvalue weighted by Gasteiger charge is -2.22. The zero-order chi connectivity index (χ0) is 18.2. The zero-order valence-electron chi connectivity index (χ0n) is 13.9. The smallest absolute Gasteiger partial charge is 0.292 e. The van der Waals surface area contributed by atoms with Gasteiger partial charge in [-0.05, 0) is 24.1 Å². The lowest BCUT2D eigenvalue weighted by molar-refractivity contribution is -0.484. The number of rotatable bonds is 8. The molecule has 0 bridgehead atoms. The highest BCUT2D eigenvalue weighted by Gasteiger charge is 2.35. The van der Waals surface area contributed by atoms with Gasteiger partial charge in [0.2, 0.25) is 12.3 Å². The molecule has 0 aliphatic heterocycles. The molecule has 0 spiro atoms. The molecule has 6 heteroatoms. The number of hydrogen-bond donors (Lipinski definition) is 1. The van der Waals surface area contributed by atoms with E-state index < -0.39 is 35.0 Å². The summed E-state index contributed by atoms with van der Waals surface area (Å²) < 4.78 is 0. The van der Waals surface area contributed by atoms with Gasteiger partial charge in [-0.2, -0.15) is 0 Å². The first kappa shape index (κ1) is 18.3. The third-order valence-corrected chi connectivity index (χ3v) is 4.09. The van der Waals surface area contributed by atoms with Gasteiger partial charge in [-0.25, -0.2) is 0 Å². The fourth-order valence-electron chi connectivity index (χ4n) is 2.86. The second kappa shape index (κ2) is 8.73. The number of Topliss-reactive ketones (excluding diaryl/α,β-unsaturated/α-hetero) is 1. The fraction of sp³-hybridized carbons (Fsp3) is 0.263. The number of anilines is 1. The van der Waals surface area contributed by atoms with Gasteiger partial charge in [0.05, 0.1) is 5.92 Å². The lowest BCUT2D eigenvalue weighted by Crippen LogP contribution is -2.35. The van der Waals surface area contributed by atoms with Crippen molar-refractivity contribution in [3.05, 3.63) is 76.3 Å². The average molecular weight is 340 g/mol. The number of amides is 1. The van der Waals surface area contributed by atoms with E-state index >= 15 is 0 Å². The molecule has 2 atom stereocenters. The Morgan fingerprint density at radius 1 is 1.04 bits per heavy atom. The average Bonchev–Trinajstić information content (AvgIpc) is 2.62. The van der Waals surface area contributed by atoms with Gasteiger partial charge >= 0.3 is 0 Å². The van der Waals surface area contributed by atoms with Crippen molar-refractivity contribution in [1.29, 1.82) is 0 Å². The molecule has 6 nitrogen and oxygen atoms in total. The predicted molar refractivity (Wildman–Crippen MR) is 94.9 cm³/mol. The molecule has 0 saturated carbocycles. The third kappa shape index (κ3) is 4.97. The van der Waals surface area contributed by atoms with E-state index in [1.54, 1.807) is 67.6 Å². The Morgan fingerprint density at radius 3 is 2.12 bits per heavy atom. The molecule has 0 heterocycles. The maximum absolute atomic E-state index is 12.6. The van der Waals surface area contributed by atoms with Crippen molar-refractivity contribution < 1.29 is 14.5 Å². The second-order valence-corrected chi connectivity index (χ2v) is 5.73. The highest BCUT2D eigenvalue weighted by atomic mass is 16.6. The van der Waals surface area contributed by atoms with Gasteiger partial charge in [-0.15, -0.1) is 0 Å². The minimum atomic E-state index is -0.753. The van der Waals surface area contributed by atoms with Gasteiger partial charge < -0.3 is 5.32 Å². The van der Waals surface area contributed by atoms with E-state index in [2.05, 4.69) is 5.32 Å². The first-order valence-corrected chi connectivity index (χ1v) is 8.10. The van der Waals surface area contributed by atoms with Gasteiger partial charge in [0.25, 0.3) is 5.91 Å². The van der Waals surface area contributed by atoms with E-state index in [-0.39, 0.29) is 0 Å². The van der Waals surface area contributed by atoms with Gasteiger partial charge in [-0.1, -0.05) is 55.5 Å². The zero-order valence-corrected chi connectivity index (χ0v) is 13.9. The van der Waals surface area contributed by atoms with Crippen molar-refractivity contribution in [1.82, 2.24) is 0 Å². The molecule has 1 N–H and O–H groups in total. The van der Waals surface area contributed by atoms with Crippen LogP contribution in [0.5, 0.6) is 0 Å². The van der Waals surface area contributed by atoms with Gasteiger partial charge in [0, 0.05) is 16.5 Å². The Labute approximate surface area is 146 Å². The quantitative estimate of drug-likeness (QED) is 0.454. The molecule has 2 aromatic carbocycles. The Balaban J connectivity index is 2.22. The van der Waals surface area contributed by atoms with Crippen LogP contribution in [0.3, 0.4) is 0 Å². The highest BCUT2D eigenvalue weighted by Crippen LogP contribution is 2.28. The number of carbonyl (C=O) groups excluding carboxylic acids is 2. The molecule has 0 fully saturated rings. The molecule has 0 unspecified atom stereocenters. The largest absolute Gasteiger partial charge is 0.319 e. The highest BCUT2D eigenvalue weighted by molar-refractivity contribution is 6.41. The van der Waals surface area contributed by atoms with Crippen LogP contribution in [0.4, 0.5) is 5.69 Å². The molecule has 130 valence electrons. The van der Waals surface area contributed by atoms with Crippen molar-refractivity contribution in [2.45, 2.75) is 19.3 Å². The summed E-state index contributed by atoms with van der Waals surface area (Å²) in [5.41, 5.74) is 1.20. The van der Waals surface area contributed by atoms with Crippen molar-refractivity contribution in [3.63, 3.8) is 0 Å².